The quantitative estimate of drug-likeness (QED) is 0.210. The van der Waals surface area contributed by atoms with Crippen molar-refractivity contribution in [1.29, 1.82) is 0 Å². The van der Waals surface area contributed by atoms with Crippen LogP contribution in [0.5, 0.6) is 0 Å². The van der Waals surface area contributed by atoms with E-state index in [9.17, 15) is 18.0 Å². The molecule has 5 nitrogen and oxygen atoms in total. The summed E-state index contributed by atoms with van der Waals surface area (Å²) >= 11 is 1.24. The Hall–Kier alpha value is -3.59. The lowest BCUT2D eigenvalue weighted by Crippen LogP contribution is -2.20. The Morgan fingerprint density at radius 3 is 2.53 bits per heavy atom. The molecule has 34 heavy (non-hydrogen) atoms. The third-order valence-corrected chi connectivity index (χ3v) is 6.05. The predicted octanol–water partition coefficient (Wildman–Crippen LogP) is 5.65. The Morgan fingerprint density at radius 1 is 1.06 bits per heavy atom. The zero-order valence-corrected chi connectivity index (χ0v) is 19.0. The smallest absolute Gasteiger partial charge is 0.314 e. The van der Waals surface area contributed by atoms with E-state index in [1.54, 1.807) is 0 Å². The average Bonchev–Trinajstić information content (AvgIpc) is 3.16. The van der Waals surface area contributed by atoms with E-state index in [1.165, 1.54) is 35.5 Å². The van der Waals surface area contributed by atoms with E-state index in [0.29, 0.717) is 11.7 Å². The lowest BCUT2D eigenvalue weighted by atomic mass is 10.1. The molecule has 0 fully saturated rings. The molecule has 0 unspecified atom stereocenters. The highest BCUT2D eigenvalue weighted by atomic mass is 32.2. The largest absolute Gasteiger partial charge is 0.417 e. The number of hydrazone groups is 1. The standard InChI is InChI=1S/C25H21F3N4OS/c1-17-10-12-18(13-11-17)15-32-22-9-5-4-8-21(22)30-24(32)34-16-23(33)31-29-14-19-6-2-3-7-20(19)25(26,27)28/h2-14H,15-16H2,1H3,(H,31,33)/b29-14-. The number of para-hydroxylation sites is 2. The molecule has 1 N–H and O–H groups in total. The molecular formula is C25H21F3N4OS. The number of thioether (sulfide) groups is 1. The van der Waals surface area contributed by atoms with E-state index in [2.05, 4.69) is 27.6 Å². The van der Waals surface area contributed by atoms with Crippen LogP contribution in [-0.4, -0.2) is 27.4 Å². The molecule has 9 heteroatoms. The molecule has 1 aromatic heterocycles. The topological polar surface area (TPSA) is 59.3 Å². The van der Waals surface area contributed by atoms with Gasteiger partial charge in [0.25, 0.3) is 5.91 Å². The van der Waals surface area contributed by atoms with Gasteiger partial charge in [0.1, 0.15) is 0 Å². The Morgan fingerprint density at radius 2 is 1.76 bits per heavy atom. The zero-order valence-electron chi connectivity index (χ0n) is 18.2. The number of aryl methyl sites for hydroxylation is 1. The van der Waals surface area contributed by atoms with Gasteiger partial charge in [-0.1, -0.05) is 71.9 Å². The molecule has 0 saturated heterocycles. The van der Waals surface area contributed by atoms with Crippen LogP contribution in [0.1, 0.15) is 22.3 Å². The second kappa shape index (κ2) is 10.1. The van der Waals surface area contributed by atoms with E-state index in [0.717, 1.165) is 28.9 Å². The fourth-order valence-corrected chi connectivity index (χ4v) is 4.20. The van der Waals surface area contributed by atoms with Crippen LogP contribution in [0.2, 0.25) is 0 Å². The highest BCUT2D eigenvalue weighted by molar-refractivity contribution is 7.99. The number of rotatable bonds is 7. The minimum atomic E-state index is -4.50. The van der Waals surface area contributed by atoms with Gasteiger partial charge in [-0.3, -0.25) is 4.79 Å². The third-order valence-electron chi connectivity index (χ3n) is 5.07. The van der Waals surface area contributed by atoms with Gasteiger partial charge in [-0.15, -0.1) is 0 Å². The third kappa shape index (κ3) is 5.66. The number of carbonyl (C=O) groups excluding carboxylic acids is 1. The molecule has 0 atom stereocenters. The van der Waals surface area contributed by atoms with Crippen molar-refractivity contribution in [3.05, 3.63) is 95.1 Å². The van der Waals surface area contributed by atoms with Gasteiger partial charge < -0.3 is 4.57 Å². The molecule has 0 bridgehead atoms. The molecule has 0 spiro atoms. The first-order valence-corrected chi connectivity index (χ1v) is 11.4. The number of hydrogen-bond acceptors (Lipinski definition) is 4. The van der Waals surface area contributed by atoms with Gasteiger partial charge in [-0.25, -0.2) is 10.4 Å². The number of alkyl halides is 3. The molecule has 1 heterocycles. The first-order chi connectivity index (χ1) is 16.3. The van der Waals surface area contributed by atoms with Crippen molar-refractivity contribution in [3.8, 4) is 0 Å². The SMILES string of the molecule is Cc1ccc(Cn2c(SCC(=O)N/N=C\c3ccccc3C(F)(F)F)nc3ccccc32)cc1. The first-order valence-electron chi connectivity index (χ1n) is 10.4. The highest BCUT2D eigenvalue weighted by Gasteiger charge is 2.32. The predicted molar refractivity (Wildman–Crippen MR) is 128 cm³/mol. The van der Waals surface area contributed by atoms with Crippen molar-refractivity contribution in [2.75, 3.05) is 5.75 Å². The lowest BCUT2D eigenvalue weighted by molar-refractivity contribution is -0.137. The maximum Gasteiger partial charge on any atom is 0.417 e. The molecule has 0 saturated carbocycles. The molecule has 0 radical (unpaired) electrons. The van der Waals surface area contributed by atoms with Crippen molar-refractivity contribution in [3.63, 3.8) is 0 Å². The fourth-order valence-electron chi connectivity index (χ4n) is 3.40. The molecular weight excluding hydrogens is 461 g/mol. The monoisotopic (exact) mass is 482 g/mol. The van der Waals surface area contributed by atoms with Gasteiger partial charge in [0.05, 0.1) is 35.1 Å². The number of imidazole rings is 1. The summed E-state index contributed by atoms with van der Waals surface area (Å²) in [7, 11) is 0. The first kappa shape index (κ1) is 23.6. The zero-order chi connectivity index (χ0) is 24.1. The highest BCUT2D eigenvalue weighted by Crippen LogP contribution is 2.31. The Kier molecular flexibility index (Phi) is 7.02. The molecule has 4 rings (SSSR count). The number of fused-ring (bicyclic) bond motifs is 1. The van der Waals surface area contributed by atoms with Crippen molar-refractivity contribution in [1.82, 2.24) is 15.0 Å². The van der Waals surface area contributed by atoms with Crippen LogP contribution in [0.3, 0.4) is 0 Å². The Balaban J connectivity index is 1.45. The fraction of sp³-hybridized carbons (Fsp3) is 0.160. The number of carbonyl (C=O) groups is 1. The van der Waals surface area contributed by atoms with E-state index in [-0.39, 0.29) is 11.3 Å². The average molecular weight is 483 g/mol. The number of amides is 1. The minimum Gasteiger partial charge on any atom is -0.314 e. The summed E-state index contributed by atoms with van der Waals surface area (Å²) in [6.45, 7) is 2.62. The summed E-state index contributed by atoms with van der Waals surface area (Å²) < 4.78 is 41.3. The van der Waals surface area contributed by atoms with Gasteiger partial charge in [0.15, 0.2) is 5.16 Å². The van der Waals surface area contributed by atoms with E-state index in [1.807, 2.05) is 47.9 Å². The summed E-state index contributed by atoms with van der Waals surface area (Å²) in [6, 6.07) is 21.0. The van der Waals surface area contributed by atoms with Gasteiger partial charge in [-0.05, 0) is 30.7 Å². The van der Waals surface area contributed by atoms with Crippen molar-refractivity contribution in [2.24, 2.45) is 5.10 Å². The number of aromatic nitrogens is 2. The maximum atomic E-state index is 13.1. The number of nitrogens with one attached hydrogen (secondary N) is 1. The summed E-state index contributed by atoms with van der Waals surface area (Å²) in [5, 5.41) is 4.37. The minimum absolute atomic E-state index is 0.00940. The second-order valence-corrected chi connectivity index (χ2v) is 8.56. The molecule has 3 aromatic carbocycles. The summed E-state index contributed by atoms with van der Waals surface area (Å²) in [6.07, 6.45) is -3.50. The molecule has 0 aliphatic carbocycles. The van der Waals surface area contributed by atoms with Crippen molar-refractivity contribution >= 4 is 34.9 Å². The maximum absolute atomic E-state index is 13.1. The summed E-state index contributed by atoms with van der Waals surface area (Å²) in [4.78, 5) is 17.0. The van der Waals surface area contributed by atoms with E-state index < -0.39 is 17.6 Å². The van der Waals surface area contributed by atoms with Crippen LogP contribution in [0.4, 0.5) is 13.2 Å². The normalized spacial score (nSPS) is 11.9. The molecule has 174 valence electrons. The van der Waals surface area contributed by atoms with Crippen LogP contribution in [0.15, 0.2) is 83.1 Å². The van der Waals surface area contributed by atoms with Gasteiger partial charge >= 0.3 is 6.18 Å². The van der Waals surface area contributed by atoms with E-state index >= 15 is 0 Å². The van der Waals surface area contributed by atoms with Crippen LogP contribution < -0.4 is 5.43 Å². The number of halogens is 3. The van der Waals surface area contributed by atoms with Crippen molar-refractivity contribution < 1.29 is 18.0 Å². The lowest BCUT2D eigenvalue weighted by Gasteiger charge is -2.10. The molecule has 1 amide bonds. The molecule has 4 aromatic rings. The van der Waals surface area contributed by atoms with E-state index in [4.69, 9.17) is 0 Å². The summed E-state index contributed by atoms with van der Waals surface area (Å²) in [5.41, 5.74) is 5.40. The number of hydrogen-bond donors (Lipinski definition) is 1. The summed E-state index contributed by atoms with van der Waals surface area (Å²) in [5.74, 6) is -0.435. The van der Waals surface area contributed by atoms with Crippen LogP contribution in [0.25, 0.3) is 11.0 Å². The van der Waals surface area contributed by atoms with Crippen LogP contribution in [0, 0.1) is 6.92 Å². The second-order valence-electron chi connectivity index (χ2n) is 7.62. The number of benzene rings is 3. The van der Waals surface area contributed by atoms with Crippen LogP contribution >= 0.6 is 11.8 Å². The van der Waals surface area contributed by atoms with Crippen molar-refractivity contribution in [2.45, 2.75) is 24.8 Å². The van der Waals surface area contributed by atoms with Gasteiger partial charge in [-0.2, -0.15) is 18.3 Å². The molecule has 0 aliphatic rings. The van der Waals surface area contributed by atoms with Gasteiger partial charge in [0, 0.05) is 5.56 Å². The Labute approximate surface area is 198 Å². The molecule has 0 aliphatic heterocycles. The van der Waals surface area contributed by atoms with Gasteiger partial charge in [0.2, 0.25) is 0 Å². The van der Waals surface area contributed by atoms with Crippen LogP contribution in [-0.2, 0) is 17.5 Å². The Bertz CT molecular complexity index is 1330. The number of nitrogens with zero attached hydrogens (tertiary/aromatic N) is 3.